The van der Waals surface area contributed by atoms with Gasteiger partial charge in [-0.25, -0.2) is 0 Å². The van der Waals surface area contributed by atoms with Crippen molar-refractivity contribution in [3.05, 3.63) is 23.9 Å². The normalized spacial score (nSPS) is 11.9. The molecule has 0 fully saturated rings. The van der Waals surface area contributed by atoms with Gasteiger partial charge in [0.05, 0.1) is 0 Å². The van der Waals surface area contributed by atoms with E-state index in [0.29, 0.717) is 5.92 Å². The average Bonchev–Trinajstić information content (AvgIpc) is 1.98. The summed E-state index contributed by atoms with van der Waals surface area (Å²) >= 11 is 0. The Morgan fingerprint density at radius 1 is 1.55 bits per heavy atom. The minimum Gasteiger partial charge on any atom is -0.385 e. The Bertz CT molecular complexity index is 154. The van der Waals surface area contributed by atoms with E-state index in [-0.39, 0.29) is 0 Å². The first-order valence-corrected chi connectivity index (χ1v) is 4.14. The molecule has 0 amide bonds. The van der Waals surface area contributed by atoms with Gasteiger partial charge in [0.1, 0.15) is 0 Å². The van der Waals surface area contributed by atoms with Crippen molar-refractivity contribution >= 4 is 0 Å². The van der Waals surface area contributed by atoms with Crippen molar-refractivity contribution in [1.82, 2.24) is 5.32 Å². The average molecular weight is 153 g/mol. The summed E-state index contributed by atoms with van der Waals surface area (Å²) < 4.78 is 0. The first-order chi connectivity index (χ1) is 5.07. The van der Waals surface area contributed by atoms with Gasteiger partial charge in [0.15, 0.2) is 0 Å². The number of hydrogen-bond donors (Lipinski definition) is 1. The largest absolute Gasteiger partial charge is 0.385 e. The third kappa shape index (κ3) is 4.65. The molecule has 0 aliphatic carbocycles. The van der Waals surface area contributed by atoms with Gasteiger partial charge in [-0.1, -0.05) is 26.5 Å². The van der Waals surface area contributed by atoms with Crippen LogP contribution >= 0.6 is 0 Å². The number of nitrogens with one attached hydrogen (secondary N) is 1. The monoisotopic (exact) mass is 153 g/mol. The fourth-order valence-electron chi connectivity index (χ4n) is 0.641. The molecule has 0 aromatic heterocycles. The molecule has 0 radical (unpaired) electrons. The highest BCUT2D eigenvalue weighted by Crippen LogP contribution is 2.02. The molecule has 0 heterocycles. The number of allylic oxidation sites excluding steroid dienone is 2. The first-order valence-electron chi connectivity index (χ1n) is 4.14. The van der Waals surface area contributed by atoms with Crippen molar-refractivity contribution in [3.63, 3.8) is 0 Å². The van der Waals surface area contributed by atoms with E-state index < -0.39 is 0 Å². The Morgan fingerprint density at radius 2 is 2.09 bits per heavy atom. The molecule has 0 rings (SSSR count). The maximum Gasteiger partial charge on any atom is 0.0293 e. The summed E-state index contributed by atoms with van der Waals surface area (Å²) in [6.07, 6.45) is 2.07. The van der Waals surface area contributed by atoms with Gasteiger partial charge in [-0.3, -0.25) is 0 Å². The molecule has 0 aromatic rings. The summed E-state index contributed by atoms with van der Waals surface area (Å²) in [5.41, 5.74) is 2.27. The molecule has 0 aromatic carbocycles. The van der Waals surface area contributed by atoms with Crippen LogP contribution < -0.4 is 5.32 Å². The van der Waals surface area contributed by atoms with E-state index in [1.165, 1.54) is 5.57 Å². The highest BCUT2D eigenvalue weighted by atomic mass is 14.9. The second-order valence-electron chi connectivity index (χ2n) is 3.22. The molecule has 1 nitrogen and oxygen atoms in total. The van der Waals surface area contributed by atoms with Crippen molar-refractivity contribution in [2.24, 2.45) is 5.92 Å². The lowest BCUT2D eigenvalue weighted by Crippen LogP contribution is -2.18. The summed E-state index contributed by atoms with van der Waals surface area (Å²) in [6, 6.07) is 0. The molecular formula is C10H19N. The molecule has 0 spiro atoms. The number of hydrogen-bond acceptors (Lipinski definition) is 1. The molecule has 0 unspecified atom stereocenters. The van der Waals surface area contributed by atoms with E-state index in [4.69, 9.17) is 0 Å². The van der Waals surface area contributed by atoms with Crippen molar-refractivity contribution in [1.29, 1.82) is 0 Å². The molecule has 0 bridgehead atoms. The van der Waals surface area contributed by atoms with Crippen LogP contribution in [-0.4, -0.2) is 6.54 Å². The van der Waals surface area contributed by atoms with Crippen LogP contribution in [0.25, 0.3) is 0 Å². The zero-order valence-electron chi connectivity index (χ0n) is 8.07. The van der Waals surface area contributed by atoms with E-state index in [0.717, 1.165) is 12.2 Å². The lowest BCUT2D eigenvalue weighted by Gasteiger charge is -2.11. The molecule has 0 saturated heterocycles. The molecule has 0 atom stereocenters. The maximum atomic E-state index is 3.92. The SMILES string of the molecule is C=C(NCC(C)C)/C(C)=C\C. The smallest absolute Gasteiger partial charge is 0.0293 e. The summed E-state index contributed by atoms with van der Waals surface area (Å²) in [4.78, 5) is 0. The van der Waals surface area contributed by atoms with E-state index in [2.05, 4.69) is 38.7 Å². The third-order valence-electron chi connectivity index (χ3n) is 1.63. The quantitative estimate of drug-likeness (QED) is 0.612. The molecular weight excluding hydrogens is 134 g/mol. The summed E-state index contributed by atoms with van der Waals surface area (Å²) in [6.45, 7) is 13.4. The van der Waals surface area contributed by atoms with Crippen LogP contribution in [0.3, 0.4) is 0 Å². The fraction of sp³-hybridized carbons (Fsp3) is 0.600. The van der Waals surface area contributed by atoms with Gasteiger partial charge in [-0.2, -0.15) is 0 Å². The van der Waals surface area contributed by atoms with E-state index in [1.807, 2.05) is 6.92 Å². The van der Waals surface area contributed by atoms with Crippen LogP contribution in [0, 0.1) is 5.92 Å². The molecule has 11 heavy (non-hydrogen) atoms. The maximum absolute atomic E-state index is 3.92. The third-order valence-corrected chi connectivity index (χ3v) is 1.63. The predicted molar refractivity (Wildman–Crippen MR) is 51.4 cm³/mol. The van der Waals surface area contributed by atoms with E-state index in [1.54, 1.807) is 0 Å². The molecule has 64 valence electrons. The van der Waals surface area contributed by atoms with Crippen LogP contribution in [0.15, 0.2) is 23.9 Å². The molecule has 1 heteroatoms. The van der Waals surface area contributed by atoms with Crippen LogP contribution in [0.1, 0.15) is 27.7 Å². The zero-order valence-corrected chi connectivity index (χ0v) is 8.07. The van der Waals surface area contributed by atoms with Gasteiger partial charge < -0.3 is 5.32 Å². The predicted octanol–water partition coefficient (Wildman–Crippen LogP) is 2.71. The lowest BCUT2D eigenvalue weighted by atomic mass is 10.2. The molecule has 0 saturated carbocycles. The Kier molecular flexibility index (Phi) is 4.67. The van der Waals surface area contributed by atoms with Gasteiger partial charge in [0, 0.05) is 12.2 Å². The highest BCUT2D eigenvalue weighted by Gasteiger charge is 1.96. The van der Waals surface area contributed by atoms with Crippen molar-refractivity contribution in [3.8, 4) is 0 Å². The number of rotatable bonds is 4. The Labute approximate surface area is 70.2 Å². The molecule has 0 aliphatic rings. The highest BCUT2D eigenvalue weighted by molar-refractivity contribution is 5.23. The zero-order chi connectivity index (χ0) is 8.85. The van der Waals surface area contributed by atoms with Gasteiger partial charge >= 0.3 is 0 Å². The minimum absolute atomic E-state index is 0.677. The van der Waals surface area contributed by atoms with Crippen LogP contribution in [0.4, 0.5) is 0 Å². The van der Waals surface area contributed by atoms with Crippen molar-refractivity contribution in [2.45, 2.75) is 27.7 Å². The van der Waals surface area contributed by atoms with Crippen LogP contribution in [0.2, 0.25) is 0 Å². The summed E-state index contributed by atoms with van der Waals surface area (Å²) in [5, 5.41) is 3.27. The van der Waals surface area contributed by atoms with E-state index in [9.17, 15) is 0 Å². The standard InChI is InChI=1S/C10H19N/c1-6-9(4)10(5)11-7-8(2)3/h6,8,11H,5,7H2,1-4H3/b9-6-. The van der Waals surface area contributed by atoms with Gasteiger partial charge in [0.25, 0.3) is 0 Å². The van der Waals surface area contributed by atoms with Crippen LogP contribution in [0.5, 0.6) is 0 Å². The topological polar surface area (TPSA) is 12.0 Å². The van der Waals surface area contributed by atoms with Gasteiger partial charge in [-0.05, 0) is 25.3 Å². The summed E-state index contributed by atoms with van der Waals surface area (Å²) in [5.74, 6) is 0.677. The van der Waals surface area contributed by atoms with Gasteiger partial charge in [0.2, 0.25) is 0 Å². The summed E-state index contributed by atoms with van der Waals surface area (Å²) in [7, 11) is 0. The lowest BCUT2D eigenvalue weighted by molar-refractivity contribution is 0.599. The Morgan fingerprint density at radius 3 is 2.45 bits per heavy atom. The van der Waals surface area contributed by atoms with Crippen molar-refractivity contribution < 1.29 is 0 Å². The minimum atomic E-state index is 0.677. The Balaban J connectivity index is 3.71. The molecule has 1 N–H and O–H groups in total. The van der Waals surface area contributed by atoms with Crippen molar-refractivity contribution in [2.75, 3.05) is 6.54 Å². The molecule has 0 aliphatic heterocycles. The fourth-order valence-corrected chi connectivity index (χ4v) is 0.641. The Hall–Kier alpha value is -0.720. The second-order valence-corrected chi connectivity index (χ2v) is 3.22. The first kappa shape index (κ1) is 10.3. The second kappa shape index (κ2) is 5.00. The van der Waals surface area contributed by atoms with E-state index >= 15 is 0 Å². The van der Waals surface area contributed by atoms with Gasteiger partial charge in [-0.15, -0.1) is 0 Å². The van der Waals surface area contributed by atoms with Crippen LogP contribution in [-0.2, 0) is 0 Å².